The Balaban J connectivity index is 1.99. The molecule has 1 unspecified atom stereocenters. The van der Waals surface area contributed by atoms with E-state index in [4.69, 9.17) is 5.26 Å². The van der Waals surface area contributed by atoms with Crippen LogP contribution in [0.1, 0.15) is 25.7 Å². The monoisotopic (exact) mass is 210 g/mol. The Kier molecular flexibility index (Phi) is 2.97. The minimum absolute atomic E-state index is 0.0440. The van der Waals surface area contributed by atoms with Gasteiger partial charge in [0.25, 0.3) is 0 Å². The molecular weight excluding hydrogens is 196 g/mol. The highest BCUT2D eigenvalue weighted by Gasteiger charge is 2.38. The third-order valence-electron chi connectivity index (χ3n) is 2.76. The van der Waals surface area contributed by atoms with Gasteiger partial charge >= 0.3 is 0 Å². The van der Waals surface area contributed by atoms with E-state index in [0.717, 1.165) is 30.8 Å². The van der Waals surface area contributed by atoms with Crippen molar-refractivity contribution in [1.82, 2.24) is 4.90 Å². The topological polar surface area (TPSA) is 44.1 Å². The van der Waals surface area contributed by atoms with Crippen LogP contribution < -0.4 is 0 Å². The minimum Gasteiger partial charge on any atom is -0.335 e. The molecule has 3 nitrogen and oxygen atoms in total. The van der Waals surface area contributed by atoms with Crippen LogP contribution in [0.3, 0.4) is 0 Å². The van der Waals surface area contributed by atoms with Crippen molar-refractivity contribution in [3.05, 3.63) is 0 Å². The Morgan fingerprint density at radius 2 is 2.21 bits per heavy atom. The zero-order valence-corrected chi connectivity index (χ0v) is 8.92. The highest BCUT2D eigenvalue weighted by Crippen LogP contribution is 2.33. The Labute approximate surface area is 88.4 Å². The molecule has 1 heterocycles. The highest BCUT2D eigenvalue weighted by molar-refractivity contribution is 7.99. The van der Waals surface area contributed by atoms with E-state index < -0.39 is 0 Å². The van der Waals surface area contributed by atoms with Gasteiger partial charge in [-0.05, 0) is 25.0 Å². The molecule has 0 aromatic carbocycles. The van der Waals surface area contributed by atoms with Gasteiger partial charge < -0.3 is 4.90 Å². The lowest BCUT2D eigenvalue weighted by atomic mass is 10.2. The molecule has 2 aliphatic rings. The summed E-state index contributed by atoms with van der Waals surface area (Å²) < 4.78 is 0. The Bertz CT molecular complexity index is 264. The van der Waals surface area contributed by atoms with Gasteiger partial charge in [0.1, 0.15) is 6.42 Å². The third kappa shape index (κ3) is 2.03. The number of rotatable bonds is 3. The van der Waals surface area contributed by atoms with E-state index in [1.807, 2.05) is 22.7 Å². The van der Waals surface area contributed by atoms with Crippen molar-refractivity contribution in [2.45, 2.75) is 37.8 Å². The lowest BCUT2D eigenvalue weighted by molar-refractivity contribution is -0.132. The molecule has 0 aromatic heterocycles. The van der Waals surface area contributed by atoms with Gasteiger partial charge in [-0.3, -0.25) is 4.79 Å². The minimum atomic E-state index is 0.0440. The first-order valence-corrected chi connectivity index (χ1v) is 6.24. The standard InChI is InChI=1S/C10H14N2OS/c11-5-3-10(13)12(8-1-2-8)9-4-6-14-7-9/h8-9H,1-4,6-7H2. The molecule has 0 aromatic rings. The summed E-state index contributed by atoms with van der Waals surface area (Å²) in [5.74, 6) is 2.27. The molecule has 1 atom stereocenters. The smallest absolute Gasteiger partial charge is 0.237 e. The maximum absolute atomic E-state index is 11.7. The summed E-state index contributed by atoms with van der Waals surface area (Å²) in [6, 6.07) is 2.82. The van der Waals surface area contributed by atoms with Crippen molar-refractivity contribution in [3.63, 3.8) is 0 Å². The van der Waals surface area contributed by atoms with Crippen LogP contribution in [-0.2, 0) is 4.79 Å². The summed E-state index contributed by atoms with van der Waals surface area (Å²) in [4.78, 5) is 13.7. The van der Waals surface area contributed by atoms with E-state index in [1.54, 1.807) is 0 Å². The van der Waals surface area contributed by atoms with E-state index in [1.165, 1.54) is 0 Å². The van der Waals surface area contributed by atoms with Gasteiger partial charge in [0.2, 0.25) is 5.91 Å². The van der Waals surface area contributed by atoms with E-state index in [9.17, 15) is 4.79 Å². The molecule has 2 rings (SSSR count). The second-order valence-corrected chi connectivity index (χ2v) is 5.03. The summed E-state index contributed by atoms with van der Waals surface area (Å²) >= 11 is 1.91. The van der Waals surface area contributed by atoms with E-state index >= 15 is 0 Å². The SMILES string of the molecule is N#CCC(=O)N(C1CC1)C1CCSC1. The van der Waals surface area contributed by atoms with Gasteiger partial charge in [0.05, 0.1) is 6.07 Å². The molecular formula is C10H14N2OS. The molecule has 1 aliphatic heterocycles. The number of amides is 1. The zero-order chi connectivity index (χ0) is 9.97. The van der Waals surface area contributed by atoms with E-state index in [2.05, 4.69) is 0 Å². The normalized spacial score (nSPS) is 25.8. The molecule has 0 spiro atoms. The maximum atomic E-state index is 11.7. The van der Waals surface area contributed by atoms with Crippen LogP contribution in [0.2, 0.25) is 0 Å². The molecule has 0 N–H and O–H groups in total. The zero-order valence-electron chi connectivity index (χ0n) is 8.11. The summed E-state index contributed by atoms with van der Waals surface area (Å²) in [6.45, 7) is 0. The second-order valence-electron chi connectivity index (χ2n) is 3.88. The highest BCUT2D eigenvalue weighted by atomic mass is 32.2. The van der Waals surface area contributed by atoms with Crippen molar-refractivity contribution >= 4 is 17.7 Å². The van der Waals surface area contributed by atoms with Crippen molar-refractivity contribution in [3.8, 4) is 6.07 Å². The number of carbonyl (C=O) groups excluding carboxylic acids is 1. The van der Waals surface area contributed by atoms with Crippen LogP contribution in [0.5, 0.6) is 0 Å². The number of hydrogen-bond donors (Lipinski definition) is 0. The average Bonchev–Trinajstić information content (AvgIpc) is 2.82. The maximum Gasteiger partial charge on any atom is 0.237 e. The van der Waals surface area contributed by atoms with Gasteiger partial charge in [0.15, 0.2) is 0 Å². The predicted octanol–water partition coefficient (Wildman–Crippen LogP) is 1.40. The fourth-order valence-corrected chi connectivity index (χ4v) is 3.16. The first-order chi connectivity index (χ1) is 6.83. The van der Waals surface area contributed by atoms with Gasteiger partial charge in [-0.25, -0.2) is 0 Å². The first kappa shape index (κ1) is 9.85. The molecule has 76 valence electrons. The summed E-state index contributed by atoms with van der Waals surface area (Å²) in [5, 5.41) is 8.53. The van der Waals surface area contributed by atoms with Crippen LogP contribution in [0.4, 0.5) is 0 Å². The van der Waals surface area contributed by atoms with E-state index in [0.29, 0.717) is 12.1 Å². The molecule has 0 radical (unpaired) electrons. The van der Waals surface area contributed by atoms with Gasteiger partial charge in [-0.1, -0.05) is 0 Å². The lowest BCUT2D eigenvalue weighted by Crippen LogP contribution is -2.41. The molecule has 0 bridgehead atoms. The van der Waals surface area contributed by atoms with Crippen molar-refractivity contribution in [2.75, 3.05) is 11.5 Å². The summed E-state index contributed by atoms with van der Waals surface area (Å²) in [5.41, 5.74) is 0. The van der Waals surface area contributed by atoms with Crippen LogP contribution >= 0.6 is 11.8 Å². The number of thioether (sulfide) groups is 1. The van der Waals surface area contributed by atoms with Gasteiger partial charge in [-0.2, -0.15) is 17.0 Å². The molecule has 2 fully saturated rings. The third-order valence-corrected chi connectivity index (χ3v) is 3.90. The largest absolute Gasteiger partial charge is 0.335 e. The summed E-state index contributed by atoms with van der Waals surface area (Å²) in [7, 11) is 0. The molecule has 1 aliphatic carbocycles. The number of carbonyl (C=O) groups is 1. The average molecular weight is 210 g/mol. The Hall–Kier alpha value is -0.690. The van der Waals surface area contributed by atoms with Gasteiger partial charge in [0, 0.05) is 17.8 Å². The molecule has 4 heteroatoms. The first-order valence-electron chi connectivity index (χ1n) is 5.09. The number of nitrogens with zero attached hydrogens (tertiary/aromatic N) is 2. The van der Waals surface area contributed by atoms with Crippen molar-refractivity contribution in [1.29, 1.82) is 5.26 Å². The fourth-order valence-electron chi connectivity index (χ4n) is 1.96. The van der Waals surface area contributed by atoms with Crippen LogP contribution in [0.15, 0.2) is 0 Å². The molecule has 1 amide bonds. The van der Waals surface area contributed by atoms with Gasteiger partial charge in [-0.15, -0.1) is 0 Å². The molecule has 14 heavy (non-hydrogen) atoms. The van der Waals surface area contributed by atoms with Crippen LogP contribution in [0.25, 0.3) is 0 Å². The molecule has 1 saturated heterocycles. The van der Waals surface area contributed by atoms with Crippen LogP contribution in [0, 0.1) is 11.3 Å². The van der Waals surface area contributed by atoms with E-state index in [-0.39, 0.29) is 12.3 Å². The van der Waals surface area contributed by atoms with Crippen LogP contribution in [-0.4, -0.2) is 34.4 Å². The Morgan fingerprint density at radius 3 is 2.71 bits per heavy atom. The lowest BCUT2D eigenvalue weighted by Gasteiger charge is -2.27. The second kappa shape index (κ2) is 4.22. The quantitative estimate of drug-likeness (QED) is 0.707. The Morgan fingerprint density at radius 1 is 1.43 bits per heavy atom. The predicted molar refractivity (Wildman–Crippen MR) is 55.8 cm³/mol. The van der Waals surface area contributed by atoms with Crippen molar-refractivity contribution < 1.29 is 4.79 Å². The fraction of sp³-hybridized carbons (Fsp3) is 0.800. The number of nitriles is 1. The summed E-state index contributed by atoms with van der Waals surface area (Å²) in [6.07, 6.45) is 3.44. The molecule has 1 saturated carbocycles. The number of hydrogen-bond acceptors (Lipinski definition) is 3. The van der Waals surface area contributed by atoms with Crippen molar-refractivity contribution in [2.24, 2.45) is 0 Å².